The maximum atomic E-state index is 12.7. The minimum atomic E-state index is -0.404. The molecule has 22 heavy (non-hydrogen) atoms. The van der Waals surface area contributed by atoms with Crippen LogP contribution >= 0.6 is 11.3 Å². The summed E-state index contributed by atoms with van der Waals surface area (Å²) in [6.45, 7) is 4.73. The van der Waals surface area contributed by atoms with Crippen LogP contribution in [0.15, 0.2) is 22.3 Å². The van der Waals surface area contributed by atoms with Crippen molar-refractivity contribution in [3.63, 3.8) is 0 Å². The van der Waals surface area contributed by atoms with Gasteiger partial charge < -0.3 is 5.32 Å². The molecule has 0 aliphatic heterocycles. The van der Waals surface area contributed by atoms with Gasteiger partial charge in [-0.05, 0) is 23.3 Å². The number of hydrogen-bond acceptors (Lipinski definition) is 4. The van der Waals surface area contributed by atoms with Crippen LogP contribution in [0.5, 0.6) is 0 Å². The maximum Gasteiger partial charge on any atom is 0.343 e. The molecule has 0 aromatic carbocycles. The minimum absolute atomic E-state index is 0.0128. The summed E-state index contributed by atoms with van der Waals surface area (Å²) >= 11 is 1.63. The van der Waals surface area contributed by atoms with E-state index in [1.807, 2.05) is 17.5 Å². The summed E-state index contributed by atoms with van der Waals surface area (Å²) in [7, 11) is 1.67. The number of carbonyl (C=O) groups is 1. The molecule has 118 valence electrons. The van der Waals surface area contributed by atoms with Crippen molar-refractivity contribution >= 4 is 17.2 Å². The Kier molecular flexibility index (Phi) is 3.47. The zero-order valence-electron chi connectivity index (χ0n) is 13.0. The first-order valence-corrected chi connectivity index (χ1v) is 8.19. The molecule has 6 nitrogen and oxygen atoms in total. The van der Waals surface area contributed by atoms with Gasteiger partial charge in [0.05, 0.1) is 5.41 Å². The first-order chi connectivity index (χ1) is 10.4. The number of aromatic nitrogens is 3. The van der Waals surface area contributed by atoms with E-state index in [9.17, 15) is 9.59 Å². The minimum Gasteiger partial charge on any atom is -0.355 e. The molecule has 1 fully saturated rings. The summed E-state index contributed by atoms with van der Waals surface area (Å²) < 4.78 is 1.46. The fourth-order valence-corrected chi connectivity index (χ4v) is 4.21. The summed E-state index contributed by atoms with van der Waals surface area (Å²) in [4.78, 5) is 25.2. The van der Waals surface area contributed by atoms with Crippen LogP contribution in [0.2, 0.25) is 0 Å². The molecule has 0 saturated heterocycles. The molecule has 1 saturated carbocycles. The Bertz CT molecular complexity index is 744. The molecule has 1 amide bonds. The summed E-state index contributed by atoms with van der Waals surface area (Å²) in [6.07, 6.45) is 1.40. The zero-order chi connectivity index (χ0) is 16.0. The zero-order valence-corrected chi connectivity index (χ0v) is 13.8. The van der Waals surface area contributed by atoms with Crippen molar-refractivity contribution in [2.45, 2.75) is 32.1 Å². The lowest BCUT2D eigenvalue weighted by atomic mass is 9.93. The van der Waals surface area contributed by atoms with Crippen molar-refractivity contribution in [1.82, 2.24) is 20.1 Å². The molecule has 0 radical (unpaired) electrons. The van der Waals surface area contributed by atoms with E-state index in [0.717, 1.165) is 11.3 Å². The third-order valence-electron chi connectivity index (χ3n) is 4.67. The normalized spacial score (nSPS) is 22.5. The first kappa shape index (κ1) is 15.0. The molecule has 0 unspecified atom stereocenters. The van der Waals surface area contributed by atoms with Crippen molar-refractivity contribution in [3.05, 3.63) is 38.7 Å². The molecule has 0 spiro atoms. The van der Waals surface area contributed by atoms with Crippen LogP contribution in [0.1, 0.15) is 31.0 Å². The average molecular weight is 320 g/mol. The van der Waals surface area contributed by atoms with Crippen molar-refractivity contribution in [1.29, 1.82) is 0 Å². The van der Waals surface area contributed by atoms with Gasteiger partial charge in [-0.25, -0.2) is 9.89 Å². The summed E-state index contributed by atoms with van der Waals surface area (Å²) in [5.74, 6) is 0.714. The number of carbonyl (C=O) groups excluding carboxylic acids is 1. The lowest BCUT2D eigenvalue weighted by Gasteiger charge is -2.18. The van der Waals surface area contributed by atoms with Gasteiger partial charge in [0.1, 0.15) is 5.82 Å². The van der Waals surface area contributed by atoms with Crippen LogP contribution in [0.4, 0.5) is 0 Å². The molecular formula is C15H20N4O2S. The Labute approximate surface area is 132 Å². The van der Waals surface area contributed by atoms with Gasteiger partial charge in [-0.3, -0.25) is 9.36 Å². The molecule has 1 aliphatic rings. The van der Waals surface area contributed by atoms with Gasteiger partial charge >= 0.3 is 5.69 Å². The highest BCUT2D eigenvalue weighted by Crippen LogP contribution is 2.65. The second-order valence-corrected chi connectivity index (χ2v) is 7.40. The highest BCUT2D eigenvalue weighted by atomic mass is 32.1. The highest BCUT2D eigenvalue weighted by molar-refractivity contribution is 7.10. The van der Waals surface area contributed by atoms with E-state index >= 15 is 0 Å². The quantitative estimate of drug-likeness (QED) is 0.868. The third-order valence-corrected chi connectivity index (χ3v) is 5.71. The van der Waals surface area contributed by atoms with Gasteiger partial charge in [-0.1, -0.05) is 19.9 Å². The van der Waals surface area contributed by atoms with E-state index in [1.165, 1.54) is 4.57 Å². The van der Waals surface area contributed by atoms with Gasteiger partial charge in [0.2, 0.25) is 5.91 Å². The average Bonchev–Trinajstić information content (AvgIpc) is 2.87. The summed E-state index contributed by atoms with van der Waals surface area (Å²) in [5, 5.41) is 11.4. The second kappa shape index (κ2) is 5.08. The standard InChI is InChI=1S/C15H20N4O2S/c1-14(2)9-15(14,10-5-4-8-22-10)12(20)16-7-6-11-17-18-13(21)19(11)3/h4-5,8H,6-7,9H2,1-3H3,(H,16,20)(H,18,21)/t15-/m1/s1. The summed E-state index contributed by atoms with van der Waals surface area (Å²) in [5.41, 5.74) is -0.653. The van der Waals surface area contributed by atoms with E-state index < -0.39 is 5.41 Å². The molecule has 7 heteroatoms. The van der Waals surface area contributed by atoms with E-state index in [-0.39, 0.29) is 17.0 Å². The molecule has 2 aromatic rings. The van der Waals surface area contributed by atoms with Gasteiger partial charge in [0, 0.05) is 24.9 Å². The molecule has 2 heterocycles. The van der Waals surface area contributed by atoms with Crippen LogP contribution in [-0.4, -0.2) is 27.2 Å². The van der Waals surface area contributed by atoms with E-state index in [1.54, 1.807) is 18.4 Å². The maximum absolute atomic E-state index is 12.7. The largest absolute Gasteiger partial charge is 0.355 e. The van der Waals surface area contributed by atoms with Gasteiger partial charge in [-0.2, -0.15) is 5.10 Å². The number of rotatable bonds is 5. The molecule has 1 aliphatic carbocycles. The Balaban J connectivity index is 1.67. The Morgan fingerprint density at radius 2 is 2.27 bits per heavy atom. The highest BCUT2D eigenvalue weighted by Gasteiger charge is 2.67. The van der Waals surface area contributed by atoms with Crippen LogP contribution < -0.4 is 11.0 Å². The molecule has 3 rings (SSSR count). The smallest absolute Gasteiger partial charge is 0.343 e. The van der Waals surface area contributed by atoms with Crippen LogP contribution in [0, 0.1) is 5.41 Å². The number of thiophene rings is 1. The topological polar surface area (TPSA) is 79.8 Å². The lowest BCUT2D eigenvalue weighted by Crippen LogP contribution is -2.38. The fourth-order valence-electron chi connectivity index (χ4n) is 3.10. The van der Waals surface area contributed by atoms with Crippen LogP contribution in [-0.2, 0) is 23.7 Å². The van der Waals surface area contributed by atoms with Gasteiger partial charge in [0.25, 0.3) is 0 Å². The van der Waals surface area contributed by atoms with Crippen molar-refractivity contribution < 1.29 is 4.79 Å². The number of hydrogen-bond donors (Lipinski definition) is 2. The molecule has 0 bridgehead atoms. The van der Waals surface area contributed by atoms with Crippen molar-refractivity contribution in [2.24, 2.45) is 12.5 Å². The Hall–Kier alpha value is -1.89. The molecule has 1 atom stereocenters. The fraction of sp³-hybridized carbons (Fsp3) is 0.533. The number of amides is 1. The summed E-state index contributed by atoms with van der Waals surface area (Å²) in [6, 6.07) is 4.03. The number of H-pyrrole nitrogens is 1. The molecular weight excluding hydrogens is 300 g/mol. The van der Waals surface area contributed by atoms with Gasteiger partial charge in [0.15, 0.2) is 0 Å². The van der Waals surface area contributed by atoms with E-state index in [4.69, 9.17) is 0 Å². The third kappa shape index (κ3) is 2.20. The Morgan fingerprint density at radius 3 is 2.77 bits per heavy atom. The predicted octanol–water partition coefficient (Wildman–Crippen LogP) is 1.20. The predicted molar refractivity (Wildman–Crippen MR) is 84.9 cm³/mol. The molecule has 2 N–H and O–H groups in total. The Morgan fingerprint density at radius 1 is 1.55 bits per heavy atom. The van der Waals surface area contributed by atoms with Crippen LogP contribution in [0.3, 0.4) is 0 Å². The molecule has 2 aromatic heterocycles. The number of aromatic amines is 1. The van der Waals surface area contributed by atoms with Crippen molar-refractivity contribution in [2.75, 3.05) is 6.54 Å². The lowest BCUT2D eigenvalue weighted by molar-refractivity contribution is -0.124. The number of nitrogens with zero attached hydrogens (tertiary/aromatic N) is 2. The second-order valence-electron chi connectivity index (χ2n) is 6.45. The number of nitrogens with one attached hydrogen (secondary N) is 2. The SMILES string of the molecule is Cn1c(CCNC(=O)[C@]2(c3cccs3)CC2(C)C)n[nH]c1=O. The monoisotopic (exact) mass is 320 g/mol. The van der Waals surface area contributed by atoms with E-state index in [2.05, 4.69) is 29.4 Å². The van der Waals surface area contributed by atoms with E-state index in [0.29, 0.717) is 18.8 Å². The first-order valence-electron chi connectivity index (χ1n) is 7.31. The van der Waals surface area contributed by atoms with Crippen molar-refractivity contribution in [3.8, 4) is 0 Å². The van der Waals surface area contributed by atoms with Crippen LogP contribution in [0.25, 0.3) is 0 Å². The van der Waals surface area contributed by atoms with Gasteiger partial charge in [-0.15, -0.1) is 11.3 Å².